The molecule has 0 bridgehead atoms. The second-order valence-electron chi connectivity index (χ2n) is 5.33. The van der Waals surface area contributed by atoms with Gasteiger partial charge in [0.05, 0.1) is 29.6 Å². The van der Waals surface area contributed by atoms with Crippen LogP contribution in [-0.2, 0) is 18.4 Å². The van der Waals surface area contributed by atoms with Gasteiger partial charge in [-0.25, -0.2) is 4.98 Å². The number of nitrogens with one attached hydrogen (secondary N) is 1. The van der Waals surface area contributed by atoms with E-state index < -0.39 is 4.92 Å². The highest BCUT2D eigenvalue weighted by atomic mass is 16.6. The Labute approximate surface area is 142 Å². The first kappa shape index (κ1) is 16.4. The number of carbonyl (C=O) groups is 1. The molecule has 10 heteroatoms. The number of amides is 1. The topological polar surface area (TPSA) is 117 Å². The fraction of sp³-hybridized carbons (Fsp3) is 0.267. The summed E-state index contributed by atoms with van der Waals surface area (Å²) in [6, 6.07) is 7.54. The average Bonchev–Trinajstić information content (AvgIpc) is 3.15. The van der Waals surface area contributed by atoms with Crippen molar-refractivity contribution in [1.82, 2.24) is 19.3 Å². The number of rotatable bonds is 6. The van der Waals surface area contributed by atoms with Gasteiger partial charge in [0.25, 0.3) is 0 Å². The van der Waals surface area contributed by atoms with Crippen molar-refractivity contribution in [3.8, 4) is 5.88 Å². The van der Waals surface area contributed by atoms with Crippen molar-refractivity contribution in [2.45, 2.75) is 13.0 Å². The van der Waals surface area contributed by atoms with Crippen LogP contribution in [0.25, 0.3) is 11.0 Å². The maximum absolute atomic E-state index is 12.1. The SMILES string of the molecule is COc1nn(CCC(=O)Nc2nc3ccccc3n2C)cc1[N+](=O)[O-]. The number of para-hydroxylation sites is 2. The van der Waals surface area contributed by atoms with E-state index in [0.29, 0.717) is 5.95 Å². The summed E-state index contributed by atoms with van der Waals surface area (Å²) >= 11 is 0. The number of carbonyl (C=O) groups excluding carboxylic acids is 1. The monoisotopic (exact) mass is 344 g/mol. The summed E-state index contributed by atoms with van der Waals surface area (Å²) in [4.78, 5) is 26.8. The number of nitrogens with zero attached hydrogens (tertiary/aromatic N) is 5. The molecule has 0 spiro atoms. The average molecular weight is 344 g/mol. The first-order chi connectivity index (χ1) is 12.0. The van der Waals surface area contributed by atoms with Crippen LogP contribution in [0, 0.1) is 10.1 Å². The number of benzene rings is 1. The van der Waals surface area contributed by atoms with E-state index in [1.54, 1.807) is 4.57 Å². The van der Waals surface area contributed by atoms with E-state index in [-0.39, 0.29) is 30.4 Å². The molecule has 0 aliphatic rings. The third-order valence-corrected chi connectivity index (χ3v) is 3.71. The number of aromatic nitrogens is 4. The summed E-state index contributed by atoms with van der Waals surface area (Å²) < 4.78 is 7.95. The lowest BCUT2D eigenvalue weighted by atomic mass is 10.3. The van der Waals surface area contributed by atoms with Gasteiger partial charge in [0, 0.05) is 13.5 Å². The smallest absolute Gasteiger partial charge is 0.350 e. The number of aryl methyl sites for hydroxylation is 2. The molecule has 0 fully saturated rings. The highest BCUT2D eigenvalue weighted by molar-refractivity contribution is 5.91. The number of hydrogen-bond donors (Lipinski definition) is 1. The minimum atomic E-state index is -0.582. The first-order valence-electron chi connectivity index (χ1n) is 7.46. The second-order valence-corrected chi connectivity index (χ2v) is 5.33. The number of imidazole rings is 1. The standard InChI is InChI=1S/C15H16N6O4/c1-19-11-6-4-3-5-10(11)16-15(19)17-13(22)7-8-20-9-12(21(23)24)14(18-20)25-2/h3-6,9H,7-8H2,1-2H3,(H,16,17,22). The summed E-state index contributed by atoms with van der Waals surface area (Å²) in [5, 5.41) is 17.5. The van der Waals surface area contributed by atoms with E-state index in [9.17, 15) is 14.9 Å². The lowest BCUT2D eigenvalue weighted by Crippen LogP contribution is -2.17. The molecule has 1 aromatic carbocycles. The fourth-order valence-corrected chi connectivity index (χ4v) is 2.44. The molecule has 3 rings (SSSR count). The van der Waals surface area contributed by atoms with Crippen LogP contribution in [-0.4, -0.2) is 37.3 Å². The maximum atomic E-state index is 12.1. The lowest BCUT2D eigenvalue weighted by molar-refractivity contribution is -0.385. The number of hydrogen-bond acceptors (Lipinski definition) is 6. The highest BCUT2D eigenvalue weighted by Crippen LogP contribution is 2.24. The van der Waals surface area contributed by atoms with Crippen molar-refractivity contribution in [3.05, 3.63) is 40.6 Å². The van der Waals surface area contributed by atoms with E-state index >= 15 is 0 Å². The molecule has 0 aliphatic heterocycles. The molecule has 0 saturated heterocycles. The molecule has 0 atom stereocenters. The molecule has 2 aromatic heterocycles. The lowest BCUT2D eigenvalue weighted by Gasteiger charge is -2.05. The van der Waals surface area contributed by atoms with E-state index in [2.05, 4.69) is 15.4 Å². The van der Waals surface area contributed by atoms with E-state index in [0.717, 1.165) is 11.0 Å². The van der Waals surface area contributed by atoms with Gasteiger partial charge >= 0.3 is 11.6 Å². The van der Waals surface area contributed by atoms with Crippen LogP contribution in [0.1, 0.15) is 6.42 Å². The number of nitro groups is 1. The number of anilines is 1. The Kier molecular flexibility index (Phi) is 4.33. The van der Waals surface area contributed by atoms with Gasteiger partial charge in [-0.3, -0.25) is 24.9 Å². The zero-order valence-electron chi connectivity index (χ0n) is 13.7. The molecule has 0 aliphatic carbocycles. The zero-order chi connectivity index (χ0) is 18.0. The van der Waals surface area contributed by atoms with Crippen LogP contribution in [0.5, 0.6) is 5.88 Å². The minimum absolute atomic E-state index is 0.0826. The quantitative estimate of drug-likeness (QED) is 0.537. The highest BCUT2D eigenvalue weighted by Gasteiger charge is 2.20. The molecule has 10 nitrogen and oxygen atoms in total. The predicted octanol–water partition coefficient (Wildman–Crippen LogP) is 1.72. The Balaban J connectivity index is 1.66. The first-order valence-corrected chi connectivity index (χ1v) is 7.46. The van der Waals surface area contributed by atoms with Crippen LogP contribution in [0.4, 0.5) is 11.6 Å². The van der Waals surface area contributed by atoms with Gasteiger partial charge in [-0.05, 0) is 12.1 Å². The van der Waals surface area contributed by atoms with E-state index in [4.69, 9.17) is 4.74 Å². The Bertz CT molecular complexity index is 945. The molecular weight excluding hydrogens is 328 g/mol. The molecule has 0 saturated carbocycles. The van der Waals surface area contributed by atoms with Gasteiger partial charge in [0.15, 0.2) is 0 Å². The molecule has 3 aromatic rings. The minimum Gasteiger partial charge on any atom is -0.475 e. The van der Waals surface area contributed by atoms with Crippen molar-refractivity contribution in [1.29, 1.82) is 0 Å². The number of methoxy groups -OCH3 is 1. The van der Waals surface area contributed by atoms with Crippen LogP contribution in [0.3, 0.4) is 0 Å². The Morgan fingerprint density at radius 2 is 2.16 bits per heavy atom. The van der Waals surface area contributed by atoms with Gasteiger partial charge in [-0.15, -0.1) is 5.10 Å². The molecule has 130 valence electrons. The summed E-state index contributed by atoms with van der Waals surface area (Å²) in [5.74, 6) is 0.0894. The van der Waals surface area contributed by atoms with Gasteiger partial charge in [-0.1, -0.05) is 12.1 Å². The molecule has 2 heterocycles. The van der Waals surface area contributed by atoms with Crippen LogP contribution in [0.2, 0.25) is 0 Å². The van der Waals surface area contributed by atoms with E-state index in [1.165, 1.54) is 18.0 Å². The van der Waals surface area contributed by atoms with Crippen molar-refractivity contribution >= 4 is 28.6 Å². The van der Waals surface area contributed by atoms with Crippen LogP contribution >= 0.6 is 0 Å². The Morgan fingerprint density at radius 3 is 2.80 bits per heavy atom. The maximum Gasteiger partial charge on any atom is 0.350 e. The third-order valence-electron chi connectivity index (χ3n) is 3.71. The van der Waals surface area contributed by atoms with Crippen molar-refractivity contribution in [2.75, 3.05) is 12.4 Å². The Morgan fingerprint density at radius 1 is 1.40 bits per heavy atom. The van der Waals surface area contributed by atoms with E-state index in [1.807, 2.05) is 31.3 Å². The molecule has 0 unspecified atom stereocenters. The van der Waals surface area contributed by atoms with Crippen molar-refractivity contribution < 1.29 is 14.5 Å². The van der Waals surface area contributed by atoms with Gasteiger partial charge in [0.2, 0.25) is 11.9 Å². The molecule has 1 N–H and O–H groups in total. The summed E-state index contributed by atoms with van der Waals surface area (Å²) in [7, 11) is 3.12. The third kappa shape index (κ3) is 3.27. The number of ether oxygens (including phenoxy) is 1. The van der Waals surface area contributed by atoms with Crippen molar-refractivity contribution in [3.63, 3.8) is 0 Å². The summed E-state index contributed by atoms with van der Waals surface area (Å²) in [5.41, 5.74) is 1.45. The number of fused-ring (bicyclic) bond motifs is 1. The zero-order valence-corrected chi connectivity index (χ0v) is 13.7. The van der Waals surface area contributed by atoms with Crippen LogP contribution in [0.15, 0.2) is 30.5 Å². The van der Waals surface area contributed by atoms with Gasteiger partial charge in [-0.2, -0.15) is 0 Å². The fourth-order valence-electron chi connectivity index (χ4n) is 2.44. The molecule has 0 radical (unpaired) electrons. The largest absolute Gasteiger partial charge is 0.475 e. The molecular formula is C15H16N6O4. The van der Waals surface area contributed by atoms with Gasteiger partial charge in [0.1, 0.15) is 6.20 Å². The van der Waals surface area contributed by atoms with Crippen LogP contribution < -0.4 is 10.1 Å². The summed E-state index contributed by atoms with van der Waals surface area (Å²) in [6.45, 7) is 0.181. The normalized spacial score (nSPS) is 10.8. The predicted molar refractivity (Wildman–Crippen MR) is 89.4 cm³/mol. The van der Waals surface area contributed by atoms with Gasteiger partial charge < -0.3 is 9.30 Å². The second kappa shape index (κ2) is 6.59. The molecule has 25 heavy (non-hydrogen) atoms. The summed E-state index contributed by atoms with van der Waals surface area (Å²) in [6.07, 6.45) is 1.33. The van der Waals surface area contributed by atoms with Crippen molar-refractivity contribution in [2.24, 2.45) is 7.05 Å². The molecule has 1 amide bonds. The Hall–Kier alpha value is -3.43.